The Bertz CT molecular complexity index is 595. The van der Waals surface area contributed by atoms with Gasteiger partial charge in [-0.2, -0.15) is 0 Å². The molecular weight excluding hydrogens is 268 g/mol. The highest BCUT2D eigenvalue weighted by molar-refractivity contribution is 5.66. The van der Waals surface area contributed by atoms with E-state index in [-0.39, 0.29) is 18.2 Å². The molecule has 4 rings (SSSR count). The van der Waals surface area contributed by atoms with E-state index in [1.807, 2.05) is 6.07 Å². The summed E-state index contributed by atoms with van der Waals surface area (Å²) in [4.78, 5) is 11.4. The zero-order chi connectivity index (χ0) is 14.6. The first-order chi connectivity index (χ1) is 10.2. The molecule has 0 aromatic heterocycles. The Kier molecular flexibility index (Phi) is 2.88. The highest BCUT2D eigenvalue weighted by atomic mass is 16.6. The minimum absolute atomic E-state index is 0.0435. The van der Waals surface area contributed by atoms with Crippen molar-refractivity contribution in [2.24, 2.45) is 5.92 Å². The van der Waals surface area contributed by atoms with Crippen LogP contribution in [0.4, 0.5) is 0 Å². The van der Waals surface area contributed by atoms with Crippen molar-refractivity contribution in [3.63, 3.8) is 0 Å². The van der Waals surface area contributed by atoms with Gasteiger partial charge in [0.1, 0.15) is 12.2 Å². The predicted molar refractivity (Wildman–Crippen MR) is 76.8 cm³/mol. The van der Waals surface area contributed by atoms with Gasteiger partial charge in [0.25, 0.3) is 0 Å². The van der Waals surface area contributed by atoms with Gasteiger partial charge in [0.05, 0.1) is 7.11 Å². The molecule has 0 saturated heterocycles. The van der Waals surface area contributed by atoms with Gasteiger partial charge < -0.3 is 14.2 Å². The lowest BCUT2D eigenvalue weighted by Crippen LogP contribution is -2.44. The molecule has 4 atom stereocenters. The molecule has 4 unspecified atom stereocenters. The third-order valence-corrected chi connectivity index (χ3v) is 5.21. The van der Waals surface area contributed by atoms with Gasteiger partial charge in [-0.25, -0.2) is 0 Å². The molecule has 0 amide bonds. The standard InChI is InChI=1S/C17H20O4/c1-9(18)20-13-8-6-11-4-3-10-5-7-12(19-2)16-14(10)15(11)17(13)21-16/h5,7,11,13,15,17H,3-4,6,8H2,1-2H3. The Balaban J connectivity index is 1.78. The molecule has 0 N–H and O–H groups in total. The largest absolute Gasteiger partial charge is 0.493 e. The average Bonchev–Trinajstić information content (AvgIpc) is 2.88. The second-order valence-electron chi connectivity index (χ2n) is 6.30. The summed E-state index contributed by atoms with van der Waals surface area (Å²) >= 11 is 0. The first-order valence-corrected chi connectivity index (χ1v) is 7.72. The van der Waals surface area contributed by atoms with E-state index in [9.17, 15) is 4.79 Å². The lowest BCUT2D eigenvalue weighted by Gasteiger charge is -2.40. The van der Waals surface area contributed by atoms with Crippen molar-refractivity contribution in [2.45, 2.75) is 50.7 Å². The molecule has 2 aliphatic carbocycles. The maximum atomic E-state index is 11.4. The van der Waals surface area contributed by atoms with Crippen LogP contribution in [-0.2, 0) is 16.0 Å². The van der Waals surface area contributed by atoms with Gasteiger partial charge in [0.15, 0.2) is 11.5 Å². The number of carbonyl (C=O) groups excluding carboxylic acids is 1. The first-order valence-electron chi connectivity index (χ1n) is 7.72. The molecule has 1 saturated carbocycles. The van der Waals surface area contributed by atoms with Gasteiger partial charge >= 0.3 is 5.97 Å². The molecular formula is C17H20O4. The second-order valence-corrected chi connectivity index (χ2v) is 6.30. The zero-order valence-electron chi connectivity index (χ0n) is 12.4. The van der Waals surface area contributed by atoms with Gasteiger partial charge in [-0.15, -0.1) is 0 Å². The molecule has 4 heteroatoms. The Hall–Kier alpha value is -1.71. The molecule has 0 spiro atoms. The van der Waals surface area contributed by atoms with Crippen molar-refractivity contribution >= 4 is 5.97 Å². The first kappa shape index (κ1) is 13.0. The van der Waals surface area contributed by atoms with E-state index >= 15 is 0 Å². The van der Waals surface area contributed by atoms with Gasteiger partial charge in [-0.3, -0.25) is 4.79 Å². The fourth-order valence-corrected chi connectivity index (χ4v) is 4.40. The van der Waals surface area contributed by atoms with Crippen molar-refractivity contribution in [1.82, 2.24) is 0 Å². The third-order valence-electron chi connectivity index (χ3n) is 5.21. The molecule has 3 aliphatic rings. The maximum Gasteiger partial charge on any atom is 0.303 e. The number of benzene rings is 1. The third kappa shape index (κ3) is 1.84. The van der Waals surface area contributed by atoms with Crippen LogP contribution in [0, 0.1) is 5.92 Å². The molecule has 1 aromatic rings. The van der Waals surface area contributed by atoms with Crippen molar-refractivity contribution in [1.29, 1.82) is 0 Å². The maximum absolute atomic E-state index is 11.4. The van der Waals surface area contributed by atoms with Crippen molar-refractivity contribution in [2.75, 3.05) is 7.11 Å². The van der Waals surface area contributed by atoms with E-state index in [0.29, 0.717) is 11.8 Å². The quantitative estimate of drug-likeness (QED) is 0.785. The van der Waals surface area contributed by atoms with Crippen LogP contribution in [0.2, 0.25) is 0 Å². The van der Waals surface area contributed by atoms with E-state index < -0.39 is 0 Å². The summed E-state index contributed by atoms with van der Waals surface area (Å²) in [5.41, 5.74) is 2.69. The van der Waals surface area contributed by atoms with Crippen LogP contribution >= 0.6 is 0 Å². The Labute approximate surface area is 124 Å². The minimum atomic E-state index is -0.221. The summed E-state index contributed by atoms with van der Waals surface area (Å²) in [6.07, 6.45) is 4.15. The summed E-state index contributed by atoms with van der Waals surface area (Å²) in [6.45, 7) is 1.47. The lowest BCUT2D eigenvalue weighted by atomic mass is 9.67. The Morgan fingerprint density at radius 3 is 2.90 bits per heavy atom. The molecule has 4 nitrogen and oxygen atoms in total. The smallest absolute Gasteiger partial charge is 0.303 e. The van der Waals surface area contributed by atoms with Crippen LogP contribution in [0.3, 0.4) is 0 Å². The van der Waals surface area contributed by atoms with Crippen LogP contribution in [0.5, 0.6) is 11.5 Å². The van der Waals surface area contributed by atoms with E-state index in [4.69, 9.17) is 14.2 Å². The number of hydrogen-bond acceptors (Lipinski definition) is 4. The second kappa shape index (κ2) is 4.65. The van der Waals surface area contributed by atoms with Gasteiger partial charge in [-0.05, 0) is 43.2 Å². The topological polar surface area (TPSA) is 44.8 Å². The van der Waals surface area contributed by atoms with Crippen molar-refractivity contribution < 1.29 is 19.0 Å². The minimum Gasteiger partial charge on any atom is -0.493 e. The molecule has 112 valence electrons. The summed E-state index contributed by atoms with van der Waals surface area (Å²) < 4.78 is 17.2. The summed E-state index contributed by atoms with van der Waals surface area (Å²) in [5.74, 6) is 2.46. The van der Waals surface area contributed by atoms with Crippen LogP contribution in [-0.4, -0.2) is 25.3 Å². The predicted octanol–water partition coefficient (Wildman–Crippen LogP) is 2.83. The SMILES string of the molecule is COc1ccc2c3c1OC1C(OC(C)=O)CCC(CC2)C31. The highest BCUT2D eigenvalue weighted by Crippen LogP contribution is 2.56. The Morgan fingerprint density at radius 1 is 1.29 bits per heavy atom. The molecule has 21 heavy (non-hydrogen) atoms. The van der Waals surface area contributed by atoms with Crippen LogP contribution < -0.4 is 9.47 Å². The number of hydrogen-bond donors (Lipinski definition) is 0. The van der Waals surface area contributed by atoms with Crippen molar-refractivity contribution in [3.05, 3.63) is 23.3 Å². The highest BCUT2D eigenvalue weighted by Gasteiger charge is 2.51. The summed E-state index contributed by atoms with van der Waals surface area (Å²) in [7, 11) is 1.67. The van der Waals surface area contributed by atoms with Gasteiger partial charge in [-0.1, -0.05) is 6.07 Å². The van der Waals surface area contributed by atoms with E-state index in [1.54, 1.807) is 7.11 Å². The average molecular weight is 288 g/mol. The van der Waals surface area contributed by atoms with Gasteiger partial charge in [0.2, 0.25) is 0 Å². The molecule has 1 fully saturated rings. The summed E-state index contributed by atoms with van der Waals surface area (Å²) in [5, 5.41) is 0. The fraction of sp³-hybridized carbons (Fsp3) is 0.588. The van der Waals surface area contributed by atoms with Crippen LogP contribution in [0.25, 0.3) is 0 Å². The fourth-order valence-electron chi connectivity index (χ4n) is 4.40. The zero-order valence-corrected chi connectivity index (χ0v) is 12.4. The number of ether oxygens (including phenoxy) is 3. The van der Waals surface area contributed by atoms with Crippen LogP contribution in [0.1, 0.15) is 43.2 Å². The number of aryl methyl sites for hydroxylation is 1. The van der Waals surface area contributed by atoms with Crippen molar-refractivity contribution in [3.8, 4) is 11.5 Å². The van der Waals surface area contributed by atoms with E-state index in [1.165, 1.54) is 24.5 Å². The van der Waals surface area contributed by atoms with E-state index in [2.05, 4.69) is 6.07 Å². The molecule has 0 bridgehead atoms. The molecule has 1 heterocycles. The molecule has 1 aliphatic heterocycles. The van der Waals surface area contributed by atoms with Gasteiger partial charge in [0, 0.05) is 18.4 Å². The number of rotatable bonds is 2. The monoisotopic (exact) mass is 288 g/mol. The lowest BCUT2D eigenvalue weighted by molar-refractivity contribution is -0.154. The number of methoxy groups -OCH3 is 1. The molecule has 0 radical (unpaired) electrons. The summed E-state index contributed by atoms with van der Waals surface area (Å²) in [6, 6.07) is 4.15. The number of carbonyl (C=O) groups is 1. The van der Waals surface area contributed by atoms with E-state index in [0.717, 1.165) is 30.8 Å². The normalized spacial score (nSPS) is 32.1. The van der Waals surface area contributed by atoms with Crippen LogP contribution in [0.15, 0.2) is 12.1 Å². The Morgan fingerprint density at radius 2 is 2.14 bits per heavy atom. The molecule has 1 aromatic carbocycles. The number of esters is 1.